The standard InChI is InChI=1S/C13H15BrN4O/c1-7-12(8(2)18(3)17-7)19-11-5-4-9(13(15)16)6-10(11)14/h4-6H,1-3H3,(H3,15,16). The lowest BCUT2D eigenvalue weighted by Crippen LogP contribution is -2.10. The molecule has 2 aromatic rings. The first-order valence-corrected chi connectivity index (χ1v) is 6.51. The molecule has 0 radical (unpaired) electrons. The van der Waals surface area contributed by atoms with E-state index in [0.29, 0.717) is 11.3 Å². The number of ether oxygens (including phenoxy) is 1. The van der Waals surface area contributed by atoms with Gasteiger partial charge in [0, 0.05) is 12.6 Å². The van der Waals surface area contributed by atoms with Crippen molar-refractivity contribution in [1.29, 1.82) is 5.41 Å². The van der Waals surface area contributed by atoms with E-state index in [9.17, 15) is 0 Å². The molecule has 3 N–H and O–H groups in total. The van der Waals surface area contributed by atoms with Gasteiger partial charge in [0.1, 0.15) is 17.3 Å². The predicted molar refractivity (Wildman–Crippen MR) is 77.9 cm³/mol. The summed E-state index contributed by atoms with van der Waals surface area (Å²) in [4.78, 5) is 0. The molecule has 0 aliphatic carbocycles. The minimum absolute atomic E-state index is 0.0287. The number of hydrogen-bond acceptors (Lipinski definition) is 3. The Morgan fingerprint density at radius 3 is 2.58 bits per heavy atom. The van der Waals surface area contributed by atoms with E-state index >= 15 is 0 Å². The van der Waals surface area contributed by atoms with Crippen molar-refractivity contribution < 1.29 is 4.74 Å². The Bertz CT molecular complexity index is 648. The number of nitrogens with one attached hydrogen (secondary N) is 1. The van der Waals surface area contributed by atoms with Crippen molar-refractivity contribution in [2.24, 2.45) is 12.8 Å². The summed E-state index contributed by atoms with van der Waals surface area (Å²) in [5.41, 5.74) is 7.89. The van der Waals surface area contributed by atoms with Crippen molar-refractivity contribution in [2.45, 2.75) is 13.8 Å². The zero-order valence-corrected chi connectivity index (χ0v) is 12.6. The molecule has 0 amide bonds. The summed E-state index contributed by atoms with van der Waals surface area (Å²) in [6.07, 6.45) is 0. The van der Waals surface area contributed by atoms with Gasteiger partial charge in [-0.3, -0.25) is 10.1 Å². The van der Waals surface area contributed by atoms with Gasteiger partial charge in [0.15, 0.2) is 5.75 Å². The Kier molecular flexibility index (Phi) is 3.61. The molecule has 19 heavy (non-hydrogen) atoms. The van der Waals surface area contributed by atoms with E-state index in [1.165, 1.54) is 0 Å². The number of nitrogens with zero attached hydrogens (tertiary/aromatic N) is 2. The van der Waals surface area contributed by atoms with Crippen molar-refractivity contribution in [1.82, 2.24) is 9.78 Å². The summed E-state index contributed by atoms with van der Waals surface area (Å²) in [6.45, 7) is 3.85. The van der Waals surface area contributed by atoms with E-state index in [0.717, 1.165) is 21.6 Å². The zero-order valence-electron chi connectivity index (χ0n) is 11.0. The van der Waals surface area contributed by atoms with Crippen LogP contribution < -0.4 is 10.5 Å². The summed E-state index contributed by atoms with van der Waals surface area (Å²) in [5, 5.41) is 11.7. The second kappa shape index (κ2) is 5.05. The van der Waals surface area contributed by atoms with Gasteiger partial charge in [0.25, 0.3) is 0 Å². The van der Waals surface area contributed by atoms with E-state index in [-0.39, 0.29) is 5.84 Å². The SMILES string of the molecule is Cc1nn(C)c(C)c1Oc1ccc(C(=N)N)cc1Br. The lowest BCUT2D eigenvalue weighted by Gasteiger charge is -2.09. The summed E-state index contributed by atoms with van der Waals surface area (Å²) in [7, 11) is 1.88. The van der Waals surface area contributed by atoms with Crippen molar-refractivity contribution in [3.63, 3.8) is 0 Å². The first-order valence-electron chi connectivity index (χ1n) is 5.72. The number of hydrogen-bond donors (Lipinski definition) is 2. The molecule has 2 rings (SSSR count). The van der Waals surface area contributed by atoms with Gasteiger partial charge in [-0.15, -0.1) is 0 Å². The van der Waals surface area contributed by atoms with Crippen LogP contribution in [-0.4, -0.2) is 15.6 Å². The van der Waals surface area contributed by atoms with Gasteiger partial charge >= 0.3 is 0 Å². The summed E-state index contributed by atoms with van der Waals surface area (Å²) >= 11 is 3.42. The number of aryl methyl sites for hydroxylation is 2. The van der Waals surface area contributed by atoms with Crippen molar-refractivity contribution in [3.8, 4) is 11.5 Å². The highest BCUT2D eigenvalue weighted by Gasteiger charge is 2.13. The van der Waals surface area contributed by atoms with Gasteiger partial charge in [0.05, 0.1) is 10.2 Å². The molecular weight excluding hydrogens is 308 g/mol. The Morgan fingerprint density at radius 2 is 2.11 bits per heavy atom. The molecule has 100 valence electrons. The third kappa shape index (κ3) is 2.63. The molecule has 0 saturated carbocycles. The monoisotopic (exact) mass is 322 g/mol. The minimum atomic E-state index is 0.0287. The largest absolute Gasteiger partial charge is 0.452 e. The highest BCUT2D eigenvalue weighted by molar-refractivity contribution is 9.10. The normalized spacial score (nSPS) is 10.5. The highest BCUT2D eigenvalue weighted by Crippen LogP contribution is 2.33. The smallest absolute Gasteiger partial charge is 0.171 e. The average molecular weight is 323 g/mol. The molecule has 5 nitrogen and oxygen atoms in total. The Hall–Kier alpha value is -1.82. The highest BCUT2D eigenvalue weighted by atomic mass is 79.9. The summed E-state index contributed by atoms with van der Waals surface area (Å²) < 4.78 is 8.42. The second-order valence-corrected chi connectivity index (χ2v) is 5.14. The summed E-state index contributed by atoms with van der Waals surface area (Å²) in [5.74, 6) is 1.45. The maximum atomic E-state index is 7.40. The van der Waals surface area contributed by atoms with Gasteiger partial charge in [-0.05, 0) is 48.0 Å². The fourth-order valence-electron chi connectivity index (χ4n) is 1.76. The molecule has 0 aliphatic rings. The number of aromatic nitrogens is 2. The van der Waals surface area contributed by atoms with Crippen LogP contribution in [0, 0.1) is 19.3 Å². The molecule has 0 spiro atoms. The van der Waals surface area contributed by atoms with E-state index in [2.05, 4.69) is 21.0 Å². The van der Waals surface area contributed by atoms with Gasteiger partial charge < -0.3 is 10.5 Å². The van der Waals surface area contributed by atoms with Crippen LogP contribution in [0.5, 0.6) is 11.5 Å². The van der Waals surface area contributed by atoms with E-state index in [4.69, 9.17) is 15.9 Å². The lowest BCUT2D eigenvalue weighted by molar-refractivity contribution is 0.471. The maximum absolute atomic E-state index is 7.40. The van der Waals surface area contributed by atoms with Crippen LogP contribution in [0.2, 0.25) is 0 Å². The Labute approximate surface area is 120 Å². The fraction of sp³-hybridized carbons (Fsp3) is 0.231. The van der Waals surface area contributed by atoms with Crippen molar-refractivity contribution in [2.75, 3.05) is 0 Å². The maximum Gasteiger partial charge on any atom is 0.171 e. The minimum Gasteiger partial charge on any atom is -0.452 e. The Morgan fingerprint density at radius 1 is 1.42 bits per heavy atom. The van der Waals surface area contributed by atoms with E-state index < -0.39 is 0 Å². The van der Waals surface area contributed by atoms with Crippen LogP contribution in [0.1, 0.15) is 17.0 Å². The number of benzene rings is 1. The third-order valence-electron chi connectivity index (χ3n) is 2.90. The molecule has 6 heteroatoms. The van der Waals surface area contributed by atoms with Crippen LogP contribution in [-0.2, 0) is 7.05 Å². The first-order chi connectivity index (χ1) is 8.90. The van der Waals surface area contributed by atoms with Gasteiger partial charge in [-0.2, -0.15) is 5.10 Å². The van der Waals surface area contributed by atoms with Crippen LogP contribution >= 0.6 is 15.9 Å². The first kappa shape index (κ1) is 13.6. The van der Waals surface area contributed by atoms with Crippen molar-refractivity contribution in [3.05, 3.63) is 39.6 Å². The second-order valence-electron chi connectivity index (χ2n) is 4.28. The topological polar surface area (TPSA) is 76.9 Å². The summed E-state index contributed by atoms with van der Waals surface area (Å²) in [6, 6.07) is 5.30. The zero-order chi connectivity index (χ0) is 14.2. The van der Waals surface area contributed by atoms with Crippen LogP contribution in [0.15, 0.2) is 22.7 Å². The molecule has 1 aromatic carbocycles. The van der Waals surface area contributed by atoms with E-state index in [1.54, 1.807) is 22.9 Å². The van der Waals surface area contributed by atoms with Crippen LogP contribution in [0.4, 0.5) is 0 Å². The quantitative estimate of drug-likeness (QED) is 0.673. The average Bonchev–Trinajstić information content (AvgIpc) is 2.58. The van der Waals surface area contributed by atoms with Crippen LogP contribution in [0.3, 0.4) is 0 Å². The molecule has 0 atom stereocenters. The fourth-order valence-corrected chi connectivity index (χ4v) is 2.22. The van der Waals surface area contributed by atoms with Gasteiger partial charge in [0.2, 0.25) is 0 Å². The molecule has 1 heterocycles. The van der Waals surface area contributed by atoms with Crippen LogP contribution in [0.25, 0.3) is 0 Å². The number of nitrogens with two attached hydrogens (primary N) is 1. The van der Waals surface area contributed by atoms with E-state index in [1.807, 2.05) is 20.9 Å². The van der Waals surface area contributed by atoms with Gasteiger partial charge in [-0.25, -0.2) is 0 Å². The number of nitrogen functional groups attached to an aromatic ring is 1. The molecule has 0 aliphatic heterocycles. The predicted octanol–water partition coefficient (Wildman–Crippen LogP) is 2.88. The van der Waals surface area contributed by atoms with Crippen molar-refractivity contribution >= 4 is 21.8 Å². The molecular formula is C13H15BrN4O. The Balaban J connectivity index is 2.36. The molecule has 0 fully saturated rings. The third-order valence-corrected chi connectivity index (χ3v) is 3.52. The van der Waals surface area contributed by atoms with Gasteiger partial charge in [-0.1, -0.05) is 0 Å². The molecule has 1 aromatic heterocycles. The molecule has 0 unspecified atom stereocenters. The number of amidine groups is 1. The lowest BCUT2D eigenvalue weighted by atomic mass is 10.2. The number of halogens is 1. The number of rotatable bonds is 3. The molecule has 0 saturated heterocycles. The molecule has 0 bridgehead atoms.